The summed E-state index contributed by atoms with van der Waals surface area (Å²) in [4.78, 5) is 18.2. The Morgan fingerprint density at radius 2 is 1.81 bits per heavy atom. The van der Waals surface area contributed by atoms with Crippen LogP contribution in [-0.2, 0) is 4.79 Å². The number of unbranched alkanes of at least 4 members (excludes halogenated alkanes) is 1. The fraction of sp³-hybridized carbons (Fsp3) is 0.348. The highest BCUT2D eigenvalue weighted by atomic mass is 32.2. The van der Waals surface area contributed by atoms with E-state index in [2.05, 4.69) is 12.2 Å². The molecule has 2 aliphatic rings. The van der Waals surface area contributed by atoms with Crippen molar-refractivity contribution < 1.29 is 19.0 Å². The molecule has 0 aliphatic carbocycles. The predicted octanol–water partition coefficient (Wildman–Crippen LogP) is 2.39. The van der Waals surface area contributed by atoms with Gasteiger partial charge in [-0.15, -0.1) is 5.10 Å². The van der Waals surface area contributed by atoms with Gasteiger partial charge in [0.1, 0.15) is 22.9 Å². The van der Waals surface area contributed by atoms with Gasteiger partial charge in [-0.25, -0.2) is 5.01 Å². The van der Waals surface area contributed by atoms with E-state index in [0.717, 1.165) is 23.8 Å². The lowest BCUT2D eigenvalue weighted by molar-refractivity contribution is -0.116. The summed E-state index contributed by atoms with van der Waals surface area (Å²) in [6.07, 6.45) is 1.46. The quantitative estimate of drug-likeness (QED) is 0.647. The smallest absolute Gasteiger partial charge is 0.276 e. The minimum absolute atomic E-state index is 0.210. The van der Waals surface area contributed by atoms with Crippen LogP contribution in [0.4, 0.5) is 0 Å². The van der Waals surface area contributed by atoms with E-state index in [1.807, 2.05) is 24.3 Å². The molecule has 0 saturated carbocycles. The number of benzene rings is 2. The fourth-order valence-electron chi connectivity index (χ4n) is 3.68. The molecule has 1 amide bonds. The van der Waals surface area contributed by atoms with Crippen molar-refractivity contribution in [1.82, 2.24) is 10.3 Å². The van der Waals surface area contributed by atoms with Crippen molar-refractivity contribution in [3.63, 3.8) is 0 Å². The molecule has 0 aromatic heterocycles. The van der Waals surface area contributed by atoms with Crippen LogP contribution in [0, 0.1) is 0 Å². The van der Waals surface area contributed by atoms with Crippen molar-refractivity contribution in [2.75, 3.05) is 27.1 Å². The first kappa shape index (κ1) is 22.0. The Balaban J connectivity index is 1.92. The van der Waals surface area contributed by atoms with Crippen LogP contribution in [0.1, 0.15) is 31.5 Å². The minimum atomic E-state index is -0.650. The SMILES string of the molecule is CCCCSC1=NN2C(=c3ccccc3=N[C@@H]2c2c(OC)cc(OC)cc2OC)C(=O)N1. The highest BCUT2D eigenvalue weighted by Crippen LogP contribution is 2.43. The Morgan fingerprint density at radius 1 is 1.09 bits per heavy atom. The maximum Gasteiger partial charge on any atom is 0.276 e. The van der Waals surface area contributed by atoms with E-state index >= 15 is 0 Å². The molecule has 1 atom stereocenters. The Labute approximate surface area is 190 Å². The van der Waals surface area contributed by atoms with E-state index in [1.165, 1.54) is 11.8 Å². The van der Waals surface area contributed by atoms with Crippen LogP contribution in [0.3, 0.4) is 0 Å². The summed E-state index contributed by atoms with van der Waals surface area (Å²) in [6.45, 7) is 2.13. The highest BCUT2D eigenvalue weighted by molar-refractivity contribution is 8.13. The van der Waals surface area contributed by atoms with Gasteiger partial charge in [-0.2, -0.15) is 0 Å². The number of nitrogens with one attached hydrogen (secondary N) is 1. The first-order valence-corrected chi connectivity index (χ1v) is 11.4. The summed E-state index contributed by atoms with van der Waals surface area (Å²) < 4.78 is 16.7. The topological polar surface area (TPSA) is 84.8 Å². The van der Waals surface area contributed by atoms with Crippen molar-refractivity contribution in [3.05, 3.63) is 52.5 Å². The minimum Gasteiger partial charge on any atom is -0.496 e. The molecule has 0 unspecified atom stereocenters. The lowest BCUT2D eigenvalue weighted by Crippen LogP contribution is -2.50. The zero-order chi connectivity index (χ0) is 22.7. The van der Waals surface area contributed by atoms with Crippen LogP contribution in [0.2, 0.25) is 0 Å². The maximum atomic E-state index is 13.2. The molecule has 4 rings (SSSR count). The molecule has 32 heavy (non-hydrogen) atoms. The van der Waals surface area contributed by atoms with Crippen molar-refractivity contribution in [1.29, 1.82) is 0 Å². The number of thioether (sulfide) groups is 1. The molecule has 9 heteroatoms. The zero-order valence-electron chi connectivity index (χ0n) is 18.5. The van der Waals surface area contributed by atoms with Crippen LogP contribution in [0.25, 0.3) is 5.70 Å². The zero-order valence-corrected chi connectivity index (χ0v) is 19.4. The second kappa shape index (κ2) is 9.52. The molecule has 0 fully saturated rings. The number of nitrogens with zero attached hydrogens (tertiary/aromatic N) is 3. The molecule has 2 aromatic carbocycles. The number of carbonyl (C=O) groups is 1. The number of amidine groups is 1. The Bertz CT molecular complexity index is 1160. The van der Waals surface area contributed by atoms with Gasteiger partial charge in [-0.05, 0) is 12.5 Å². The van der Waals surface area contributed by atoms with Crippen LogP contribution in [-0.4, -0.2) is 43.2 Å². The number of rotatable bonds is 7. The van der Waals surface area contributed by atoms with Crippen molar-refractivity contribution in [2.24, 2.45) is 10.1 Å². The van der Waals surface area contributed by atoms with Crippen molar-refractivity contribution in [2.45, 2.75) is 25.9 Å². The van der Waals surface area contributed by atoms with Gasteiger partial charge >= 0.3 is 0 Å². The summed E-state index contributed by atoms with van der Waals surface area (Å²) in [5.41, 5.74) is 1.11. The Hall–Kier alpha value is -3.20. The van der Waals surface area contributed by atoms with Gasteiger partial charge in [-0.3, -0.25) is 15.1 Å². The van der Waals surface area contributed by atoms with E-state index in [1.54, 1.807) is 38.5 Å². The van der Waals surface area contributed by atoms with E-state index in [-0.39, 0.29) is 5.91 Å². The highest BCUT2D eigenvalue weighted by Gasteiger charge is 2.37. The second-order valence-corrected chi connectivity index (χ2v) is 8.30. The van der Waals surface area contributed by atoms with Crippen LogP contribution in [0.5, 0.6) is 17.2 Å². The number of ether oxygens (including phenoxy) is 3. The number of hydrazone groups is 1. The fourth-order valence-corrected chi connectivity index (χ4v) is 4.62. The molecule has 0 radical (unpaired) electrons. The van der Waals surface area contributed by atoms with Gasteiger partial charge in [0.25, 0.3) is 5.91 Å². The molecule has 0 saturated heterocycles. The van der Waals surface area contributed by atoms with E-state index in [4.69, 9.17) is 24.3 Å². The van der Waals surface area contributed by atoms with E-state index < -0.39 is 6.17 Å². The van der Waals surface area contributed by atoms with Gasteiger partial charge < -0.3 is 14.2 Å². The van der Waals surface area contributed by atoms with Crippen molar-refractivity contribution >= 4 is 28.5 Å². The van der Waals surface area contributed by atoms with E-state index in [9.17, 15) is 4.79 Å². The Kier molecular flexibility index (Phi) is 6.55. The lowest BCUT2D eigenvalue weighted by Gasteiger charge is -2.35. The second-order valence-electron chi connectivity index (χ2n) is 7.22. The third-order valence-electron chi connectivity index (χ3n) is 5.26. The summed E-state index contributed by atoms with van der Waals surface area (Å²) in [6, 6.07) is 11.1. The predicted molar refractivity (Wildman–Crippen MR) is 124 cm³/mol. The van der Waals surface area contributed by atoms with Gasteiger partial charge in [0.15, 0.2) is 11.3 Å². The summed E-state index contributed by atoms with van der Waals surface area (Å²) in [5.74, 6) is 2.33. The number of methoxy groups -OCH3 is 3. The molecular weight excluding hydrogens is 428 g/mol. The molecule has 168 valence electrons. The molecule has 0 spiro atoms. The maximum absolute atomic E-state index is 13.2. The van der Waals surface area contributed by atoms with Crippen LogP contribution < -0.4 is 30.1 Å². The average molecular weight is 455 g/mol. The molecule has 0 bridgehead atoms. The molecule has 2 aliphatic heterocycles. The number of fused-ring (bicyclic) bond motifs is 2. The number of carbonyl (C=O) groups excluding carboxylic acids is 1. The molecular formula is C23H26N4O4S. The number of amides is 1. The summed E-state index contributed by atoms with van der Waals surface area (Å²) >= 11 is 1.52. The normalized spacial score (nSPS) is 16.9. The van der Waals surface area contributed by atoms with Gasteiger partial charge in [0, 0.05) is 23.1 Å². The Morgan fingerprint density at radius 3 is 2.47 bits per heavy atom. The van der Waals surface area contributed by atoms with Gasteiger partial charge in [-0.1, -0.05) is 43.3 Å². The number of hydrogen-bond donors (Lipinski definition) is 1. The van der Waals surface area contributed by atoms with E-state index in [0.29, 0.717) is 39.0 Å². The van der Waals surface area contributed by atoms with Crippen LogP contribution >= 0.6 is 11.8 Å². The molecule has 2 aromatic rings. The third-order valence-corrected chi connectivity index (χ3v) is 6.21. The largest absolute Gasteiger partial charge is 0.496 e. The van der Waals surface area contributed by atoms with Gasteiger partial charge in [0.05, 0.1) is 32.3 Å². The number of para-hydroxylation sites is 1. The van der Waals surface area contributed by atoms with Gasteiger partial charge in [0.2, 0.25) is 0 Å². The third kappa shape index (κ3) is 4.00. The average Bonchev–Trinajstić information content (AvgIpc) is 2.82. The lowest BCUT2D eigenvalue weighted by atomic mass is 10.1. The summed E-state index contributed by atoms with van der Waals surface area (Å²) in [5, 5.41) is 11.4. The monoisotopic (exact) mass is 454 g/mol. The first-order valence-electron chi connectivity index (χ1n) is 10.4. The van der Waals surface area contributed by atoms with Crippen molar-refractivity contribution in [3.8, 4) is 17.2 Å². The standard InChI is InChI=1S/C23H26N4O4S/c1-5-6-11-32-23-25-22(28)20-15-9-7-8-10-16(15)24-21(27(20)26-23)19-17(30-3)12-14(29-2)13-18(19)31-4/h7-10,12-13,21H,5-6,11H2,1-4H3,(H,25,26,28)/t21-/m0/s1. The molecule has 8 nitrogen and oxygen atoms in total. The molecule has 1 N–H and O–H groups in total. The van der Waals surface area contributed by atoms with Crippen LogP contribution in [0.15, 0.2) is 46.5 Å². The number of hydrogen-bond acceptors (Lipinski definition) is 8. The first-order chi connectivity index (χ1) is 15.6. The molecule has 2 heterocycles. The summed E-state index contributed by atoms with van der Waals surface area (Å²) in [7, 11) is 4.74.